The standard InChI is InChI=1S/C65H43NO/c1-5-21-53-44(14-1)18-12-27-54(53)48-20-11-19-47(40-48)43-30-35-51(36-31-43)66(52-37-32-46(33-38-52)63-41-49-16-3-6-22-55(49)58-25-9-10-26-59(58)63)42-50-17-4-7-23-56(50)60-28-13-29-61-62-39-34-45-15-2-8-24-57(45)64(62)67-65(60)61/h1-41H,42H2. The van der Waals surface area contributed by atoms with E-state index in [1.54, 1.807) is 0 Å². The molecule has 13 aromatic rings. The second-order valence-corrected chi connectivity index (χ2v) is 17.6. The Labute approximate surface area is 389 Å². The third kappa shape index (κ3) is 6.73. The minimum atomic E-state index is 0.643. The predicted molar refractivity (Wildman–Crippen MR) is 284 cm³/mol. The number of hydrogen-bond donors (Lipinski definition) is 0. The molecule has 1 heterocycles. The second-order valence-electron chi connectivity index (χ2n) is 17.6. The molecule has 2 nitrogen and oxygen atoms in total. The lowest BCUT2D eigenvalue weighted by Crippen LogP contribution is -2.17. The van der Waals surface area contributed by atoms with Crippen molar-refractivity contribution in [3.8, 4) is 44.5 Å². The van der Waals surface area contributed by atoms with Crippen molar-refractivity contribution in [3.63, 3.8) is 0 Å². The van der Waals surface area contributed by atoms with E-state index in [9.17, 15) is 0 Å². The van der Waals surface area contributed by atoms with Gasteiger partial charge in [-0.3, -0.25) is 0 Å². The smallest absolute Gasteiger partial charge is 0.143 e. The van der Waals surface area contributed by atoms with Gasteiger partial charge < -0.3 is 9.32 Å². The van der Waals surface area contributed by atoms with Gasteiger partial charge in [-0.2, -0.15) is 0 Å². The summed E-state index contributed by atoms with van der Waals surface area (Å²) in [5.41, 5.74) is 14.8. The Hall–Kier alpha value is -8.72. The van der Waals surface area contributed by atoms with Gasteiger partial charge >= 0.3 is 0 Å². The van der Waals surface area contributed by atoms with Gasteiger partial charge in [0.2, 0.25) is 0 Å². The highest BCUT2D eigenvalue weighted by Gasteiger charge is 2.19. The summed E-state index contributed by atoms with van der Waals surface area (Å²) >= 11 is 0. The number of furan rings is 1. The van der Waals surface area contributed by atoms with E-state index in [2.05, 4.69) is 254 Å². The van der Waals surface area contributed by atoms with Gasteiger partial charge in [0.1, 0.15) is 11.2 Å². The summed E-state index contributed by atoms with van der Waals surface area (Å²) in [6, 6.07) is 90.5. The third-order valence-electron chi connectivity index (χ3n) is 13.8. The second kappa shape index (κ2) is 16.1. The number of para-hydroxylation sites is 1. The molecule has 0 aliphatic carbocycles. The molecule has 0 saturated heterocycles. The van der Waals surface area contributed by atoms with Gasteiger partial charge in [-0.05, 0) is 125 Å². The predicted octanol–water partition coefficient (Wildman–Crippen LogP) is 18.2. The van der Waals surface area contributed by atoms with E-state index in [0.717, 1.165) is 49.8 Å². The Bertz CT molecular complexity index is 4000. The molecular weight excluding hydrogens is 811 g/mol. The molecule has 0 atom stereocenters. The van der Waals surface area contributed by atoms with Crippen molar-refractivity contribution >= 4 is 76.4 Å². The first-order chi connectivity index (χ1) is 33.2. The Morgan fingerprint density at radius 2 is 0.806 bits per heavy atom. The largest absolute Gasteiger partial charge is 0.455 e. The Morgan fingerprint density at radius 1 is 0.269 bits per heavy atom. The van der Waals surface area contributed by atoms with E-state index in [1.165, 1.54) is 76.6 Å². The minimum absolute atomic E-state index is 0.643. The Kier molecular flexibility index (Phi) is 9.28. The van der Waals surface area contributed by atoms with Crippen LogP contribution in [0.2, 0.25) is 0 Å². The molecule has 0 unspecified atom stereocenters. The molecule has 314 valence electrons. The number of fused-ring (bicyclic) bond motifs is 9. The molecule has 12 aromatic carbocycles. The normalized spacial score (nSPS) is 11.6. The van der Waals surface area contributed by atoms with Gasteiger partial charge in [-0.25, -0.2) is 0 Å². The first kappa shape index (κ1) is 38.7. The topological polar surface area (TPSA) is 16.4 Å². The fraction of sp³-hybridized carbons (Fsp3) is 0.0154. The highest BCUT2D eigenvalue weighted by Crippen LogP contribution is 2.42. The van der Waals surface area contributed by atoms with Crippen LogP contribution in [0.15, 0.2) is 253 Å². The maximum atomic E-state index is 6.89. The van der Waals surface area contributed by atoms with Gasteiger partial charge in [0.15, 0.2) is 0 Å². The van der Waals surface area contributed by atoms with E-state index in [0.29, 0.717) is 6.54 Å². The summed E-state index contributed by atoms with van der Waals surface area (Å²) < 4.78 is 6.89. The number of anilines is 2. The molecule has 0 fully saturated rings. The number of nitrogens with zero attached hydrogens (tertiary/aromatic N) is 1. The van der Waals surface area contributed by atoms with Gasteiger partial charge in [-0.1, -0.05) is 206 Å². The molecule has 0 radical (unpaired) electrons. The molecule has 0 aliphatic rings. The molecule has 13 rings (SSSR count). The fourth-order valence-corrected chi connectivity index (χ4v) is 10.5. The third-order valence-corrected chi connectivity index (χ3v) is 13.8. The highest BCUT2D eigenvalue weighted by molar-refractivity contribution is 6.17. The summed E-state index contributed by atoms with van der Waals surface area (Å²) in [4.78, 5) is 2.45. The fourth-order valence-electron chi connectivity index (χ4n) is 10.5. The summed E-state index contributed by atoms with van der Waals surface area (Å²) in [5, 5.41) is 12.1. The summed E-state index contributed by atoms with van der Waals surface area (Å²) in [6.45, 7) is 0.643. The van der Waals surface area contributed by atoms with Crippen LogP contribution >= 0.6 is 0 Å². The zero-order valence-electron chi connectivity index (χ0n) is 36.7. The van der Waals surface area contributed by atoms with Crippen LogP contribution in [0.4, 0.5) is 11.4 Å². The molecule has 0 aliphatic heterocycles. The van der Waals surface area contributed by atoms with Crippen LogP contribution in [-0.2, 0) is 6.54 Å². The van der Waals surface area contributed by atoms with Crippen LogP contribution < -0.4 is 4.90 Å². The van der Waals surface area contributed by atoms with Gasteiger partial charge in [0.05, 0.1) is 0 Å². The summed E-state index contributed by atoms with van der Waals surface area (Å²) in [6.07, 6.45) is 0. The molecule has 0 N–H and O–H groups in total. The molecular formula is C65H43NO. The molecule has 0 bridgehead atoms. The van der Waals surface area contributed by atoms with Crippen molar-refractivity contribution in [1.82, 2.24) is 0 Å². The van der Waals surface area contributed by atoms with E-state index < -0.39 is 0 Å². The molecule has 67 heavy (non-hydrogen) atoms. The van der Waals surface area contributed by atoms with E-state index in [1.807, 2.05) is 0 Å². The number of rotatable bonds is 8. The Balaban J connectivity index is 0.916. The lowest BCUT2D eigenvalue weighted by Gasteiger charge is -2.27. The number of hydrogen-bond acceptors (Lipinski definition) is 2. The maximum Gasteiger partial charge on any atom is 0.143 e. The maximum absolute atomic E-state index is 6.89. The van der Waals surface area contributed by atoms with Crippen molar-refractivity contribution in [2.45, 2.75) is 6.54 Å². The zero-order chi connectivity index (χ0) is 44.3. The summed E-state index contributed by atoms with van der Waals surface area (Å²) in [5.74, 6) is 0. The average Bonchev–Trinajstić information content (AvgIpc) is 3.80. The molecule has 0 spiro atoms. The van der Waals surface area contributed by atoms with Crippen molar-refractivity contribution in [3.05, 3.63) is 254 Å². The van der Waals surface area contributed by atoms with Gasteiger partial charge in [-0.15, -0.1) is 0 Å². The first-order valence-corrected chi connectivity index (χ1v) is 23.1. The van der Waals surface area contributed by atoms with E-state index >= 15 is 0 Å². The quantitative estimate of drug-likeness (QED) is 0.142. The molecule has 0 amide bonds. The van der Waals surface area contributed by atoms with Gasteiger partial charge in [0, 0.05) is 39.6 Å². The van der Waals surface area contributed by atoms with Crippen molar-refractivity contribution in [2.75, 3.05) is 4.90 Å². The minimum Gasteiger partial charge on any atom is -0.455 e. The highest BCUT2D eigenvalue weighted by atomic mass is 16.3. The Morgan fingerprint density at radius 3 is 1.61 bits per heavy atom. The van der Waals surface area contributed by atoms with E-state index in [-0.39, 0.29) is 0 Å². The molecule has 2 heteroatoms. The van der Waals surface area contributed by atoms with Crippen molar-refractivity contribution < 1.29 is 4.42 Å². The van der Waals surface area contributed by atoms with Crippen molar-refractivity contribution in [2.24, 2.45) is 0 Å². The van der Waals surface area contributed by atoms with Crippen molar-refractivity contribution in [1.29, 1.82) is 0 Å². The monoisotopic (exact) mass is 853 g/mol. The average molecular weight is 854 g/mol. The zero-order valence-corrected chi connectivity index (χ0v) is 36.7. The molecule has 0 saturated carbocycles. The first-order valence-electron chi connectivity index (χ1n) is 23.1. The number of benzene rings is 12. The van der Waals surface area contributed by atoms with Crippen LogP contribution in [0.1, 0.15) is 5.56 Å². The summed E-state index contributed by atoms with van der Waals surface area (Å²) in [7, 11) is 0. The lowest BCUT2D eigenvalue weighted by atomic mass is 9.93. The van der Waals surface area contributed by atoms with Crippen LogP contribution in [0.25, 0.3) is 110 Å². The van der Waals surface area contributed by atoms with Gasteiger partial charge in [0.25, 0.3) is 0 Å². The SMILES string of the molecule is c1cc(-c2ccc(N(Cc3ccccc3-c3cccc4c3oc3c5ccccc5ccc43)c3ccc(-c4cc5ccccc5c5ccccc45)cc3)cc2)cc(-c2cccc3ccccc23)c1. The molecule has 1 aromatic heterocycles. The van der Waals surface area contributed by atoms with Crippen LogP contribution in [-0.4, -0.2) is 0 Å². The van der Waals surface area contributed by atoms with E-state index in [4.69, 9.17) is 4.42 Å². The van der Waals surface area contributed by atoms with Crippen LogP contribution in [0.3, 0.4) is 0 Å². The van der Waals surface area contributed by atoms with Crippen LogP contribution in [0.5, 0.6) is 0 Å². The van der Waals surface area contributed by atoms with Crippen LogP contribution in [0, 0.1) is 0 Å². The lowest BCUT2D eigenvalue weighted by molar-refractivity contribution is 0.673.